The molecule has 0 fully saturated rings. The van der Waals surface area contributed by atoms with E-state index in [1.165, 1.54) is 4.90 Å². The lowest BCUT2D eigenvalue weighted by Gasteiger charge is -2.30. The van der Waals surface area contributed by atoms with Crippen LogP contribution in [0.25, 0.3) is 0 Å². The average Bonchev–Trinajstić information content (AvgIpc) is 2.35. The maximum Gasteiger partial charge on any atom is 0.401 e. The van der Waals surface area contributed by atoms with E-state index < -0.39 is 12.7 Å². The first-order valence-electron chi connectivity index (χ1n) is 6.40. The number of nitrogens with zero attached hydrogens (tertiary/aromatic N) is 1. The van der Waals surface area contributed by atoms with Crippen LogP contribution in [0.2, 0.25) is 0 Å². The molecule has 0 N–H and O–H groups in total. The molecule has 2 rings (SSSR count). The number of hydrogen-bond donors (Lipinski definition) is 0. The summed E-state index contributed by atoms with van der Waals surface area (Å²) in [4.78, 5) is 1.45. The average molecular weight is 273 g/mol. The number of halogens is 3. The fourth-order valence-electron chi connectivity index (χ4n) is 2.55. The predicted octanol–water partition coefficient (Wildman–Crippen LogP) is 3.18. The first kappa shape index (κ1) is 14.2. The standard InChI is InChI=1S/C14H18F3NO/c1-3-10-6-12-8-18(9-14(15,16)17)5-4-11(12)7-13(10)19-2/h6-7H,3-5,8-9H2,1-2H3. The highest BCUT2D eigenvalue weighted by atomic mass is 19.4. The second-order valence-electron chi connectivity index (χ2n) is 4.86. The Morgan fingerprint density at radius 2 is 2.00 bits per heavy atom. The Kier molecular flexibility index (Phi) is 4.04. The minimum atomic E-state index is -4.13. The molecule has 0 bridgehead atoms. The van der Waals surface area contributed by atoms with E-state index in [0.717, 1.165) is 28.9 Å². The minimum absolute atomic E-state index is 0.367. The van der Waals surface area contributed by atoms with E-state index >= 15 is 0 Å². The summed E-state index contributed by atoms with van der Waals surface area (Å²) in [6, 6.07) is 3.95. The summed E-state index contributed by atoms with van der Waals surface area (Å²) < 4.78 is 42.6. The molecule has 0 aliphatic carbocycles. The van der Waals surface area contributed by atoms with Gasteiger partial charge in [-0.15, -0.1) is 0 Å². The molecule has 0 spiro atoms. The Morgan fingerprint density at radius 3 is 2.58 bits per heavy atom. The van der Waals surface area contributed by atoms with Crippen molar-refractivity contribution < 1.29 is 17.9 Å². The lowest BCUT2D eigenvalue weighted by molar-refractivity contribution is -0.147. The van der Waals surface area contributed by atoms with Gasteiger partial charge >= 0.3 is 6.18 Å². The molecule has 1 aliphatic rings. The van der Waals surface area contributed by atoms with Gasteiger partial charge in [-0.25, -0.2) is 0 Å². The highest BCUT2D eigenvalue weighted by Gasteiger charge is 2.32. The third kappa shape index (κ3) is 3.41. The molecule has 0 aromatic heterocycles. The van der Waals surface area contributed by atoms with E-state index in [2.05, 4.69) is 0 Å². The SMILES string of the molecule is CCc1cc2c(cc1OC)CCN(CC(F)(F)F)C2. The van der Waals surface area contributed by atoms with E-state index in [-0.39, 0.29) is 0 Å². The van der Waals surface area contributed by atoms with Crippen molar-refractivity contribution in [2.45, 2.75) is 32.5 Å². The van der Waals surface area contributed by atoms with Crippen LogP contribution in [0, 0.1) is 0 Å². The van der Waals surface area contributed by atoms with Gasteiger partial charge in [-0.05, 0) is 35.6 Å². The molecule has 1 heterocycles. The molecule has 1 aliphatic heterocycles. The number of rotatable bonds is 3. The van der Waals surface area contributed by atoms with Crippen molar-refractivity contribution in [3.63, 3.8) is 0 Å². The van der Waals surface area contributed by atoms with Crippen molar-refractivity contribution in [2.75, 3.05) is 20.2 Å². The van der Waals surface area contributed by atoms with E-state index in [1.807, 2.05) is 19.1 Å². The summed E-state index contributed by atoms with van der Waals surface area (Å²) in [5.74, 6) is 0.838. The maximum atomic E-state index is 12.4. The number of benzene rings is 1. The van der Waals surface area contributed by atoms with Gasteiger partial charge in [0.1, 0.15) is 5.75 Å². The highest BCUT2D eigenvalue weighted by Crippen LogP contribution is 2.29. The van der Waals surface area contributed by atoms with Gasteiger partial charge < -0.3 is 4.74 Å². The van der Waals surface area contributed by atoms with Crippen molar-refractivity contribution in [1.82, 2.24) is 4.90 Å². The van der Waals surface area contributed by atoms with Crippen LogP contribution < -0.4 is 4.74 Å². The van der Waals surface area contributed by atoms with Crippen LogP contribution in [0.15, 0.2) is 12.1 Å². The van der Waals surface area contributed by atoms with Crippen LogP contribution >= 0.6 is 0 Å². The first-order chi connectivity index (χ1) is 8.93. The van der Waals surface area contributed by atoms with E-state index in [9.17, 15) is 13.2 Å². The first-order valence-corrected chi connectivity index (χ1v) is 6.40. The lowest BCUT2D eigenvalue weighted by Crippen LogP contribution is -2.38. The summed E-state index contributed by atoms with van der Waals surface area (Å²) in [6.07, 6.45) is -2.67. The molecule has 0 radical (unpaired) electrons. The molecule has 0 amide bonds. The molecule has 0 atom stereocenters. The second-order valence-corrected chi connectivity index (χ2v) is 4.86. The van der Waals surface area contributed by atoms with Crippen LogP contribution in [0.3, 0.4) is 0 Å². The Balaban J connectivity index is 2.20. The number of methoxy groups -OCH3 is 1. The normalized spacial score (nSPS) is 16.3. The van der Waals surface area contributed by atoms with Crippen molar-refractivity contribution >= 4 is 0 Å². The minimum Gasteiger partial charge on any atom is -0.496 e. The molecule has 19 heavy (non-hydrogen) atoms. The van der Waals surface area contributed by atoms with E-state index in [1.54, 1.807) is 7.11 Å². The topological polar surface area (TPSA) is 12.5 Å². The zero-order valence-corrected chi connectivity index (χ0v) is 11.2. The summed E-state index contributed by atoms with van der Waals surface area (Å²) in [5, 5.41) is 0. The second kappa shape index (κ2) is 5.41. The van der Waals surface area contributed by atoms with Gasteiger partial charge in [-0.3, -0.25) is 4.90 Å². The lowest BCUT2D eigenvalue weighted by atomic mass is 9.95. The van der Waals surface area contributed by atoms with Crippen LogP contribution in [-0.4, -0.2) is 31.3 Å². The molecule has 2 nitrogen and oxygen atoms in total. The fourth-order valence-corrected chi connectivity index (χ4v) is 2.55. The summed E-state index contributed by atoms with van der Waals surface area (Å²) >= 11 is 0. The van der Waals surface area contributed by atoms with Gasteiger partial charge in [0.05, 0.1) is 13.7 Å². The van der Waals surface area contributed by atoms with Crippen LogP contribution in [0.1, 0.15) is 23.6 Å². The highest BCUT2D eigenvalue weighted by molar-refractivity contribution is 5.43. The van der Waals surface area contributed by atoms with E-state index in [0.29, 0.717) is 19.5 Å². The quantitative estimate of drug-likeness (QED) is 0.838. The van der Waals surface area contributed by atoms with Crippen LogP contribution in [-0.2, 0) is 19.4 Å². The number of hydrogen-bond acceptors (Lipinski definition) is 2. The zero-order valence-electron chi connectivity index (χ0n) is 11.2. The van der Waals surface area contributed by atoms with Crippen LogP contribution in [0.5, 0.6) is 5.75 Å². The van der Waals surface area contributed by atoms with Gasteiger partial charge in [-0.1, -0.05) is 13.0 Å². The molecule has 1 aromatic carbocycles. The Morgan fingerprint density at radius 1 is 1.26 bits per heavy atom. The van der Waals surface area contributed by atoms with Gasteiger partial charge in [0, 0.05) is 13.1 Å². The largest absolute Gasteiger partial charge is 0.496 e. The Hall–Kier alpha value is -1.23. The number of alkyl halides is 3. The van der Waals surface area contributed by atoms with Crippen molar-refractivity contribution in [3.05, 3.63) is 28.8 Å². The smallest absolute Gasteiger partial charge is 0.401 e. The number of fused-ring (bicyclic) bond motifs is 1. The molecule has 0 saturated carbocycles. The summed E-state index contributed by atoms with van der Waals surface area (Å²) in [7, 11) is 1.62. The van der Waals surface area contributed by atoms with Gasteiger partial charge in [0.15, 0.2) is 0 Å². The molecule has 5 heteroatoms. The van der Waals surface area contributed by atoms with Gasteiger partial charge in [0.25, 0.3) is 0 Å². The van der Waals surface area contributed by atoms with Gasteiger partial charge in [-0.2, -0.15) is 13.2 Å². The van der Waals surface area contributed by atoms with Crippen molar-refractivity contribution in [2.24, 2.45) is 0 Å². The molecule has 0 saturated heterocycles. The van der Waals surface area contributed by atoms with Crippen LogP contribution in [0.4, 0.5) is 13.2 Å². The fraction of sp³-hybridized carbons (Fsp3) is 0.571. The maximum absolute atomic E-state index is 12.4. The Labute approximate surface area is 111 Å². The third-order valence-corrected chi connectivity index (χ3v) is 3.48. The van der Waals surface area contributed by atoms with Crippen molar-refractivity contribution in [1.29, 1.82) is 0 Å². The monoisotopic (exact) mass is 273 g/mol. The number of ether oxygens (including phenoxy) is 1. The molecule has 106 valence electrons. The summed E-state index contributed by atoms with van der Waals surface area (Å²) in [5.41, 5.74) is 3.15. The van der Waals surface area contributed by atoms with Crippen molar-refractivity contribution in [3.8, 4) is 5.75 Å². The third-order valence-electron chi connectivity index (χ3n) is 3.48. The molecule has 0 unspecified atom stereocenters. The molecular formula is C14H18F3NO. The number of aryl methyl sites for hydroxylation is 1. The van der Waals surface area contributed by atoms with E-state index in [4.69, 9.17) is 4.74 Å². The molecular weight excluding hydrogens is 255 g/mol. The summed E-state index contributed by atoms with van der Waals surface area (Å²) in [6.45, 7) is 1.99. The Bertz CT molecular complexity index is 457. The zero-order chi connectivity index (χ0) is 14.0. The predicted molar refractivity (Wildman–Crippen MR) is 67.4 cm³/mol. The van der Waals surface area contributed by atoms with Gasteiger partial charge in [0.2, 0.25) is 0 Å². The molecule has 1 aromatic rings.